The summed E-state index contributed by atoms with van der Waals surface area (Å²) in [6.07, 6.45) is 1.79. The Bertz CT molecular complexity index is 801. The molecule has 1 saturated heterocycles. The molecule has 3 unspecified atom stereocenters. The predicted octanol–water partition coefficient (Wildman–Crippen LogP) is 4.24. The Balaban J connectivity index is 1.36. The van der Waals surface area contributed by atoms with E-state index < -0.39 is 11.7 Å². The number of halogens is 3. The molecule has 178 valence electrons. The van der Waals surface area contributed by atoms with Crippen molar-refractivity contribution in [2.45, 2.75) is 71.1 Å². The van der Waals surface area contributed by atoms with Crippen LogP contribution in [0, 0.1) is 23.2 Å². The van der Waals surface area contributed by atoms with Crippen molar-refractivity contribution in [3.05, 3.63) is 23.9 Å². The number of hydrogen-bond donors (Lipinski definition) is 2. The van der Waals surface area contributed by atoms with Crippen LogP contribution in [0.5, 0.6) is 0 Å². The summed E-state index contributed by atoms with van der Waals surface area (Å²) >= 11 is 0. The Hall–Kier alpha value is -1.83. The molecule has 2 heterocycles. The van der Waals surface area contributed by atoms with Crippen LogP contribution >= 0.6 is 0 Å². The molecule has 32 heavy (non-hydrogen) atoms. The van der Waals surface area contributed by atoms with Gasteiger partial charge in [-0.25, -0.2) is 4.98 Å². The lowest BCUT2D eigenvalue weighted by Crippen LogP contribution is -2.51. The van der Waals surface area contributed by atoms with Gasteiger partial charge in [0.1, 0.15) is 5.82 Å². The molecule has 4 atom stereocenters. The van der Waals surface area contributed by atoms with Crippen LogP contribution in [0.25, 0.3) is 0 Å². The molecule has 1 amide bonds. The summed E-state index contributed by atoms with van der Waals surface area (Å²) in [4.78, 5) is 19.3. The largest absolute Gasteiger partial charge is 0.417 e. The molecule has 1 aliphatic heterocycles. The minimum Gasteiger partial charge on any atom is -0.356 e. The van der Waals surface area contributed by atoms with Crippen molar-refractivity contribution in [1.29, 1.82) is 0 Å². The van der Waals surface area contributed by atoms with Crippen molar-refractivity contribution in [2.24, 2.45) is 23.2 Å². The van der Waals surface area contributed by atoms with Gasteiger partial charge in [-0.2, -0.15) is 13.2 Å². The first-order chi connectivity index (χ1) is 15.0. The molecule has 2 saturated carbocycles. The maximum absolute atomic E-state index is 13.2. The van der Waals surface area contributed by atoms with Crippen LogP contribution in [0.1, 0.15) is 58.4 Å². The van der Waals surface area contributed by atoms with Crippen LogP contribution in [0.3, 0.4) is 0 Å². The standard InChI is InChI=1S/C24H35F3N4O/c1-23(2,3)10-20(28-11-15-4-5-15)22(32)30-19-8-6-16-13-31(14-18(16)19)21-9-7-17(12-29-21)24(25,26)27/h7,9,12,15-16,18-20,28H,4-6,8,10-11,13-14H2,1-3H3,(H,30,32)/t16-,18?,19?,20?/m1/s1. The van der Waals surface area contributed by atoms with Crippen LogP contribution < -0.4 is 15.5 Å². The second kappa shape index (κ2) is 8.84. The van der Waals surface area contributed by atoms with Crippen molar-refractivity contribution in [2.75, 3.05) is 24.5 Å². The van der Waals surface area contributed by atoms with E-state index in [-0.39, 0.29) is 23.4 Å². The fourth-order valence-corrected chi connectivity index (χ4v) is 5.16. The molecule has 2 N–H and O–H groups in total. The number of rotatable bonds is 7. The third-order valence-corrected chi connectivity index (χ3v) is 7.07. The van der Waals surface area contributed by atoms with E-state index in [0.29, 0.717) is 30.1 Å². The van der Waals surface area contributed by atoms with E-state index in [0.717, 1.165) is 44.6 Å². The maximum atomic E-state index is 13.2. The van der Waals surface area contributed by atoms with Crippen LogP contribution in [0.15, 0.2) is 18.3 Å². The Morgan fingerprint density at radius 1 is 1.16 bits per heavy atom. The number of anilines is 1. The van der Waals surface area contributed by atoms with Gasteiger partial charge < -0.3 is 15.5 Å². The van der Waals surface area contributed by atoms with Crippen molar-refractivity contribution < 1.29 is 18.0 Å². The highest BCUT2D eigenvalue weighted by atomic mass is 19.4. The molecule has 0 aromatic carbocycles. The number of nitrogens with zero attached hydrogens (tertiary/aromatic N) is 2. The Kier molecular flexibility index (Phi) is 6.45. The number of pyridine rings is 1. The molecule has 1 aromatic heterocycles. The van der Waals surface area contributed by atoms with Gasteiger partial charge in [-0.1, -0.05) is 20.8 Å². The highest BCUT2D eigenvalue weighted by Gasteiger charge is 2.44. The topological polar surface area (TPSA) is 57.3 Å². The lowest BCUT2D eigenvalue weighted by Gasteiger charge is -2.29. The van der Waals surface area contributed by atoms with Crippen molar-refractivity contribution in [3.63, 3.8) is 0 Å². The van der Waals surface area contributed by atoms with Gasteiger partial charge in [-0.3, -0.25) is 4.79 Å². The SMILES string of the molecule is CC(C)(C)CC(NCC1CC1)C(=O)NC1CC[C@@H]2CN(c3ccc(C(F)(F)F)cn3)CC12. The van der Waals surface area contributed by atoms with Crippen LogP contribution in [0.4, 0.5) is 19.0 Å². The number of carbonyl (C=O) groups is 1. The van der Waals surface area contributed by atoms with Gasteiger partial charge in [0.25, 0.3) is 0 Å². The number of aromatic nitrogens is 1. The molecule has 0 radical (unpaired) electrons. The second-order valence-electron chi connectivity index (χ2n) is 11.1. The Labute approximate surface area is 188 Å². The third kappa shape index (κ3) is 5.74. The van der Waals surface area contributed by atoms with Crippen molar-refractivity contribution >= 4 is 11.7 Å². The molecular formula is C24H35F3N4O. The summed E-state index contributed by atoms with van der Waals surface area (Å²) < 4.78 is 38.5. The van der Waals surface area contributed by atoms with Gasteiger partial charge in [-0.05, 0) is 68.0 Å². The van der Waals surface area contributed by atoms with E-state index in [9.17, 15) is 18.0 Å². The highest BCUT2D eigenvalue weighted by Crippen LogP contribution is 2.40. The summed E-state index contributed by atoms with van der Waals surface area (Å²) in [5.74, 6) is 2.11. The van der Waals surface area contributed by atoms with Crippen molar-refractivity contribution in [3.8, 4) is 0 Å². The van der Waals surface area contributed by atoms with E-state index in [1.807, 2.05) is 0 Å². The zero-order valence-corrected chi connectivity index (χ0v) is 19.2. The summed E-state index contributed by atoms with van der Waals surface area (Å²) in [5, 5.41) is 6.82. The first-order valence-corrected chi connectivity index (χ1v) is 11.8. The molecule has 0 bridgehead atoms. The van der Waals surface area contributed by atoms with Gasteiger partial charge in [0, 0.05) is 31.2 Å². The van der Waals surface area contributed by atoms with Crippen molar-refractivity contribution in [1.82, 2.24) is 15.6 Å². The van der Waals surface area contributed by atoms with Gasteiger partial charge in [0.2, 0.25) is 5.91 Å². The highest BCUT2D eigenvalue weighted by molar-refractivity contribution is 5.82. The molecule has 4 rings (SSSR count). The summed E-state index contributed by atoms with van der Waals surface area (Å²) in [6, 6.07) is 2.47. The third-order valence-electron chi connectivity index (χ3n) is 7.07. The Morgan fingerprint density at radius 2 is 1.91 bits per heavy atom. The first kappa shape index (κ1) is 23.3. The lowest BCUT2D eigenvalue weighted by molar-refractivity contribution is -0.137. The molecule has 5 nitrogen and oxygen atoms in total. The second-order valence-corrected chi connectivity index (χ2v) is 11.1. The minimum absolute atomic E-state index is 0.0508. The summed E-state index contributed by atoms with van der Waals surface area (Å²) in [7, 11) is 0. The normalized spacial score (nSPS) is 26.8. The van der Waals surface area contributed by atoms with Gasteiger partial charge in [0.05, 0.1) is 11.6 Å². The zero-order chi connectivity index (χ0) is 23.1. The molecule has 3 aliphatic rings. The van der Waals surface area contributed by atoms with Gasteiger partial charge >= 0.3 is 6.18 Å². The van der Waals surface area contributed by atoms with Crippen LogP contribution in [-0.4, -0.2) is 42.6 Å². The van der Waals surface area contributed by atoms with E-state index in [2.05, 4.69) is 41.3 Å². The Morgan fingerprint density at radius 3 is 2.50 bits per heavy atom. The van der Waals surface area contributed by atoms with Crippen LogP contribution in [0.2, 0.25) is 0 Å². The summed E-state index contributed by atoms with van der Waals surface area (Å²) in [5.41, 5.74) is -0.677. The fraction of sp³-hybridized carbons (Fsp3) is 0.750. The van der Waals surface area contributed by atoms with Gasteiger partial charge in [0.15, 0.2) is 0 Å². The maximum Gasteiger partial charge on any atom is 0.417 e. The lowest BCUT2D eigenvalue weighted by atomic mass is 9.87. The van der Waals surface area contributed by atoms with E-state index in [1.54, 1.807) is 0 Å². The first-order valence-electron chi connectivity index (χ1n) is 11.8. The van der Waals surface area contributed by atoms with E-state index in [4.69, 9.17) is 0 Å². The molecule has 2 aliphatic carbocycles. The molecule has 1 aromatic rings. The number of carbonyl (C=O) groups excluding carboxylic acids is 1. The average Bonchev–Trinajstić information content (AvgIpc) is 3.32. The predicted molar refractivity (Wildman–Crippen MR) is 118 cm³/mol. The fourth-order valence-electron chi connectivity index (χ4n) is 5.16. The number of alkyl halides is 3. The van der Waals surface area contributed by atoms with Crippen LogP contribution in [-0.2, 0) is 11.0 Å². The quantitative estimate of drug-likeness (QED) is 0.650. The number of nitrogens with one attached hydrogen (secondary N) is 2. The number of fused-ring (bicyclic) bond motifs is 1. The smallest absolute Gasteiger partial charge is 0.356 e. The van der Waals surface area contributed by atoms with E-state index in [1.165, 1.54) is 18.9 Å². The molecule has 0 spiro atoms. The molecule has 8 heteroatoms. The monoisotopic (exact) mass is 452 g/mol. The van der Waals surface area contributed by atoms with Gasteiger partial charge in [-0.15, -0.1) is 0 Å². The number of hydrogen-bond acceptors (Lipinski definition) is 4. The molecular weight excluding hydrogens is 417 g/mol. The average molecular weight is 453 g/mol. The minimum atomic E-state index is -4.38. The molecule has 3 fully saturated rings. The number of amides is 1. The van der Waals surface area contributed by atoms with E-state index >= 15 is 0 Å². The zero-order valence-electron chi connectivity index (χ0n) is 19.2. The summed E-state index contributed by atoms with van der Waals surface area (Å²) in [6.45, 7) is 8.86.